The monoisotopic (exact) mass is 335 g/mol. The van der Waals surface area contributed by atoms with Crippen LogP contribution in [0.15, 0.2) is 15.7 Å². The van der Waals surface area contributed by atoms with Gasteiger partial charge in [-0.2, -0.15) is 0 Å². The van der Waals surface area contributed by atoms with Gasteiger partial charge in [0, 0.05) is 43.2 Å². The Bertz CT molecular complexity index is 627. The third-order valence-corrected chi connectivity index (χ3v) is 4.57. The molecule has 0 fully saturated rings. The zero-order valence-electron chi connectivity index (χ0n) is 14.3. The van der Waals surface area contributed by atoms with E-state index in [0.717, 1.165) is 54.8 Å². The van der Waals surface area contributed by atoms with Gasteiger partial charge in [0.25, 0.3) is 0 Å². The van der Waals surface area contributed by atoms with Gasteiger partial charge in [0.1, 0.15) is 5.76 Å². The van der Waals surface area contributed by atoms with Crippen LogP contribution in [-0.2, 0) is 12.8 Å². The van der Waals surface area contributed by atoms with E-state index in [9.17, 15) is 0 Å². The summed E-state index contributed by atoms with van der Waals surface area (Å²) < 4.78 is 5.18. The smallest absolute Gasteiger partial charge is 0.190 e. The molecule has 0 radical (unpaired) electrons. The minimum atomic E-state index is 0.830. The normalized spacial score (nSPS) is 11.7. The molecule has 0 saturated heterocycles. The van der Waals surface area contributed by atoms with Gasteiger partial charge in [0.15, 0.2) is 5.96 Å². The maximum absolute atomic E-state index is 5.18. The molecule has 23 heavy (non-hydrogen) atoms. The first-order valence-electron chi connectivity index (χ1n) is 7.87. The van der Waals surface area contributed by atoms with Crippen LogP contribution in [0.4, 0.5) is 0 Å². The fourth-order valence-electron chi connectivity index (χ4n) is 2.36. The molecule has 2 rings (SSSR count). The van der Waals surface area contributed by atoms with E-state index in [4.69, 9.17) is 4.52 Å². The fraction of sp³-hybridized carbons (Fsp3) is 0.562. The Kier molecular flexibility index (Phi) is 6.58. The van der Waals surface area contributed by atoms with Crippen molar-refractivity contribution in [1.82, 2.24) is 20.8 Å². The zero-order valence-corrected chi connectivity index (χ0v) is 15.1. The van der Waals surface area contributed by atoms with Crippen molar-refractivity contribution in [3.8, 4) is 0 Å². The van der Waals surface area contributed by atoms with E-state index < -0.39 is 0 Å². The number of hydrogen-bond donors (Lipinski definition) is 2. The lowest BCUT2D eigenvalue weighted by atomic mass is 10.1. The van der Waals surface area contributed by atoms with Crippen molar-refractivity contribution in [2.24, 2.45) is 4.99 Å². The van der Waals surface area contributed by atoms with Crippen LogP contribution in [0.2, 0.25) is 0 Å². The number of aliphatic imine (C=N–C) groups is 1. The molecule has 7 heteroatoms. The van der Waals surface area contributed by atoms with E-state index in [1.807, 2.05) is 20.0 Å². The Morgan fingerprint density at radius 2 is 2.00 bits per heavy atom. The van der Waals surface area contributed by atoms with Crippen molar-refractivity contribution in [3.63, 3.8) is 0 Å². The predicted molar refractivity (Wildman–Crippen MR) is 94.2 cm³/mol. The second kappa shape index (κ2) is 8.67. The second-order valence-electron chi connectivity index (χ2n) is 5.45. The Hall–Kier alpha value is -1.89. The van der Waals surface area contributed by atoms with Crippen LogP contribution in [0.1, 0.15) is 33.3 Å². The Labute approximate surface area is 141 Å². The molecule has 2 aromatic heterocycles. The summed E-state index contributed by atoms with van der Waals surface area (Å²) in [6, 6.07) is 0. The van der Waals surface area contributed by atoms with E-state index in [1.54, 1.807) is 18.4 Å². The van der Waals surface area contributed by atoms with Gasteiger partial charge < -0.3 is 15.2 Å². The van der Waals surface area contributed by atoms with E-state index in [-0.39, 0.29) is 0 Å². The van der Waals surface area contributed by atoms with E-state index >= 15 is 0 Å². The number of rotatable bonds is 7. The molecular weight excluding hydrogens is 310 g/mol. The lowest BCUT2D eigenvalue weighted by Gasteiger charge is -2.11. The number of guanidine groups is 1. The van der Waals surface area contributed by atoms with Gasteiger partial charge in [-0.15, -0.1) is 11.3 Å². The average Bonchev–Trinajstić information content (AvgIpc) is 3.08. The van der Waals surface area contributed by atoms with Crippen molar-refractivity contribution in [2.75, 3.05) is 20.1 Å². The molecule has 0 atom stereocenters. The number of hydrogen-bond acceptors (Lipinski definition) is 5. The zero-order chi connectivity index (χ0) is 16.7. The minimum Gasteiger partial charge on any atom is -0.361 e. The van der Waals surface area contributed by atoms with Crippen LogP contribution in [0.25, 0.3) is 0 Å². The summed E-state index contributed by atoms with van der Waals surface area (Å²) >= 11 is 1.74. The third kappa shape index (κ3) is 5.35. The van der Waals surface area contributed by atoms with Gasteiger partial charge in [-0.05, 0) is 33.6 Å². The molecule has 0 bridgehead atoms. The fourth-order valence-corrected chi connectivity index (χ4v) is 3.14. The molecule has 126 valence electrons. The average molecular weight is 335 g/mol. The molecule has 0 aliphatic rings. The lowest BCUT2D eigenvalue weighted by Crippen LogP contribution is -2.38. The van der Waals surface area contributed by atoms with Crippen molar-refractivity contribution in [3.05, 3.63) is 33.1 Å². The minimum absolute atomic E-state index is 0.830. The Morgan fingerprint density at radius 3 is 2.61 bits per heavy atom. The molecule has 0 aliphatic heterocycles. The highest BCUT2D eigenvalue weighted by molar-refractivity contribution is 7.11. The summed E-state index contributed by atoms with van der Waals surface area (Å²) in [5.74, 6) is 1.75. The van der Waals surface area contributed by atoms with Gasteiger partial charge >= 0.3 is 0 Å². The molecular formula is C16H25N5OS. The van der Waals surface area contributed by atoms with Gasteiger partial charge in [-0.3, -0.25) is 4.99 Å². The van der Waals surface area contributed by atoms with E-state index in [1.165, 1.54) is 10.4 Å². The van der Waals surface area contributed by atoms with Crippen LogP contribution in [0.5, 0.6) is 0 Å². The summed E-state index contributed by atoms with van der Waals surface area (Å²) in [4.78, 5) is 9.85. The van der Waals surface area contributed by atoms with Crippen LogP contribution in [0, 0.1) is 20.8 Å². The standard InChI is InChI=1S/C16H25N5OS/c1-11-10-20-15(23-11)7-9-19-16(17-4)18-8-5-6-14-12(2)21-22-13(14)3/h10H,5-9H2,1-4H3,(H2,17,18,19). The third-order valence-electron chi connectivity index (χ3n) is 3.60. The van der Waals surface area contributed by atoms with Crippen molar-refractivity contribution < 1.29 is 4.52 Å². The SMILES string of the molecule is CN=C(NCCCc1c(C)noc1C)NCCc1ncc(C)s1. The molecule has 0 aliphatic carbocycles. The summed E-state index contributed by atoms with van der Waals surface area (Å²) in [5, 5.41) is 11.8. The van der Waals surface area contributed by atoms with Gasteiger partial charge in [-0.1, -0.05) is 5.16 Å². The van der Waals surface area contributed by atoms with Crippen LogP contribution in [-0.4, -0.2) is 36.2 Å². The number of aryl methyl sites for hydroxylation is 3. The molecule has 0 amide bonds. The molecule has 0 unspecified atom stereocenters. The first-order chi connectivity index (χ1) is 11.1. The molecule has 0 spiro atoms. The molecule has 2 aromatic rings. The summed E-state index contributed by atoms with van der Waals surface area (Å²) in [7, 11) is 1.79. The molecule has 0 saturated carbocycles. The van der Waals surface area contributed by atoms with Crippen LogP contribution < -0.4 is 10.6 Å². The Balaban J connectivity index is 1.65. The molecule has 2 N–H and O–H groups in total. The highest BCUT2D eigenvalue weighted by atomic mass is 32.1. The summed E-state index contributed by atoms with van der Waals surface area (Å²) in [6.45, 7) is 7.72. The molecule has 2 heterocycles. The topological polar surface area (TPSA) is 75.3 Å². The Morgan fingerprint density at radius 1 is 1.22 bits per heavy atom. The number of nitrogens with one attached hydrogen (secondary N) is 2. The first-order valence-corrected chi connectivity index (χ1v) is 8.69. The first kappa shape index (κ1) is 17.5. The maximum Gasteiger partial charge on any atom is 0.190 e. The van der Waals surface area contributed by atoms with Gasteiger partial charge in [0.2, 0.25) is 0 Å². The van der Waals surface area contributed by atoms with Gasteiger partial charge in [-0.25, -0.2) is 4.98 Å². The lowest BCUT2D eigenvalue weighted by molar-refractivity contribution is 0.392. The predicted octanol–water partition coefficient (Wildman–Crippen LogP) is 2.40. The van der Waals surface area contributed by atoms with Crippen LogP contribution >= 0.6 is 11.3 Å². The van der Waals surface area contributed by atoms with Crippen LogP contribution in [0.3, 0.4) is 0 Å². The highest BCUT2D eigenvalue weighted by Crippen LogP contribution is 2.13. The van der Waals surface area contributed by atoms with E-state index in [2.05, 4.69) is 32.7 Å². The van der Waals surface area contributed by atoms with Crippen molar-refractivity contribution in [1.29, 1.82) is 0 Å². The number of aromatic nitrogens is 2. The quantitative estimate of drug-likeness (QED) is 0.462. The number of nitrogens with zero attached hydrogens (tertiary/aromatic N) is 3. The summed E-state index contributed by atoms with van der Waals surface area (Å²) in [5.41, 5.74) is 2.21. The number of thiazole rings is 1. The largest absolute Gasteiger partial charge is 0.361 e. The summed E-state index contributed by atoms with van der Waals surface area (Å²) in [6.07, 6.45) is 4.80. The van der Waals surface area contributed by atoms with E-state index in [0.29, 0.717) is 0 Å². The van der Waals surface area contributed by atoms with Crippen molar-refractivity contribution in [2.45, 2.75) is 40.0 Å². The van der Waals surface area contributed by atoms with Crippen molar-refractivity contribution >= 4 is 17.3 Å². The van der Waals surface area contributed by atoms with Gasteiger partial charge in [0.05, 0.1) is 10.7 Å². The molecule has 6 nitrogen and oxygen atoms in total. The highest BCUT2D eigenvalue weighted by Gasteiger charge is 2.08. The molecule has 0 aromatic carbocycles. The maximum atomic E-state index is 5.18. The second-order valence-corrected chi connectivity index (χ2v) is 6.77.